The minimum absolute atomic E-state index is 0.104. The predicted molar refractivity (Wildman–Crippen MR) is 135 cm³/mol. The summed E-state index contributed by atoms with van der Waals surface area (Å²) in [5.41, 5.74) is 1.81. The number of nitrogens with zero attached hydrogens (tertiary/aromatic N) is 3. The van der Waals surface area contributed by atoms with Crippen molar-refractivity contribution in [2.75, 3.05) is 38.7 Å². The van der Waals surface area contributed by atoms with Gasteiger partial charge >= 0.3 is 0 Å². The Morgan fingerprint density at radius 2 is 2.00 bits per heavy atom. The number of para-hydroxylation sites is 1. The maximum absolute atomic E-state index is 13.1. The second kappa shape index (κ2) is 12.1. The minimum atomic E-state index is -0.249. The molecular formula is C25H28BrN5O4. The standard InChI is InChI=1S/C25H28BrN5O4/c1-34-14-12-27-25(33)20-6-2-3-7-21(20)28-24(32)18-5-4-13-31(15-18)16-22-29-23(30-35-22)17-8-10-19(26)11-9-17/h2-3,6-11,18H,4-5,12-16H2,1H3,(H,27,33)(H,28,32). The van der Waals surface area contributed by atoms with Gasteiger partial charge in [0.05, 0.1) is 30.3 Å². The first kappa shape index (κ1) is 25.0. The molecule has 9 nitrogen and oxygen atoms in total. The van der Waals surface area contributed by atoms with Crippen LogP contribution in [0.2, 0.25) is 0 Å². The van der Waals surface area contributed by atoms with E-state index in [2.05, 4.69) is 41.6 Å². The zero-order chi connectivity index (χ0) is 24.6. The van der Waals surface area contributed by atoms with Gasteiger partial charge in [-0.1, -0.05) is 33.2 Å². The van der Waals surface area contributed by atoms with Gasteiger partial charge in [0.15, 0.2) is 0 Å². The number of hydrogen-bond donors (Lipinski definition) is 2. The Morgan fingerprint density at radius 1 is 1.20 bits per heavy atom. The van der Waals surface area contributed by atoms with Crippen molar-refractivity contribution in [1.29, 1.82) is 0 Å². The molecule has 0 spiro atoms. The highest BCUT2D eigenvalue weighted by Gasteiger charge is 2.28. The van der Waals surface area contributed by atoms with E-state index in [0.717, 1.165) is 29.4 Å². The van der Waals surface area contributed by atoms with Crippen LogP contribution in [-0.4, -0.2) is 60.2 Å². The number of ether oxygens (including phenoxy) is 1. The lowest BCUT2D eigenvalue weighted by Gasteiger charge is -2.31. The predicted octanol–water partition coefficient (Wildman–Crippen LogP) is 3.73. The van der Waals surface area contributed by atoms with Gasteiger partial charge in [0.2, 0.25) is 17.6 Å². The third kappa shape index (κ3) is 6.74. The number of benzene rings is 2. The molecule has 0 aliphatic carbocycles. The minimum Gasteiger partial charge on any atom is -0.383 e. The lowest BCUT2D eigenvalue weighted by atomic mass is 9.96. The normalized spacial score (nSPS) is 16.1. The van der Waals surface area contributed by atoms with E-state index >= 15 is 0 Å². The number of piperidine rings is 1. The van der Waals surface area contributed by atoms with Crippen LogP contribution in [0.15, 0.2) is 57.5 Å². The van der Waals surface area contributed by atoms with Gasteiger partial charge in [-0.15, -0.1) is 0 Å². The summed E-state index contributed by atoms with van der Waals surface area (Å²) in [6.45, 7) is 2.71. The van der Waals surface area contributed by atoms with Gasteiger partial charge in [0.1, 0.15) is 0 Å². The number of methoxy groups -OCH3 is 1. The van der Waals surface area contributed by atoms with Crippen molar-refractivity contribution in [3.8, 4) is 11.4 Å². The third-order valence-corrected chi connectivity index (χ3v) is 6.36. The molecule has 35 heavy (non-hydrogen) atoms. The number of anilines is 1. The highest BCUT2D eigenvalue weighted by atomic mass is 79.9. The Labute approximate surface area is 212 Å². The molecule has 1 fully saturated rings. The monoisotopic (exact) mass is 541 g/mol. The Kier molecular flexibility index (Phi) is 8.62. The molecule has 0 bridgehead atoms. The lowest BCUT2D eigenvalue weighted by Crippen LogP contribution is -2.40. The molecule has 0 radical (unpaired) electrons. The summed E-state index contributed by atoms with van der Waals surface area (Å²) >= 11 is 3.42. The van der Waals surface area contributed by atoms with Crippen LogP contribution in [0.4, 0.5) is 5.69 Å². The summed E-state index contributed by atoms with van der Waals surface area (Å²) in [6, 6.07) is 14.7. The largest absolute Gasteiger partial charge is 0.383 e. The van der Waals surface area contributed by atoms with Gasteiger partial charge in [0.25, 0.3) is 5.91 Å². The van der Waals surface area contributed by atoms with Gasteiger partial charge in [-0.25, -0.2) is 0 Å². The van der Waals surface area contributed by atoms with Crippen molar-refractivity contribution in [1.82, 2.24) is 20.4 Å². The summed E-state index contributed by atoms with van der Waals surface area (Å²) in [4.78, 5) is 32.3. The number of likely N-dealkylation sites (tertiary alicyclic amines) is 1. The molecule has 3 aromatic rings. The maximum Gasteiger partial charge on any atom is 0.253 e. The topological polar surface area (TPSA) is 110 Å². The van der Waals surface area contributed by atoms with Crippen molar-refractivity contribution < 1.29 is 18.8 Å². The van der Waals surface area contributed by atoms with Crippen molar-refractivity contribution in [2.45, 2.75) is 19.4 Å². The van der Waals surface area contributed by atoms with Gasteiger partial charge in [-0.2, -0.15) is 4.98 Å². The SMILES string of the molecule is COCCNC(=O)c1ccccc1NC(=O)C1CCCN(Cc2nc(-c3ccc(Br)cc3)no2)C1. The molecule has 1 aliphatic heterocycles. The van der Waals surface area contributed by atoms with Crippen LogP contribution in [0.5, 0.6) is 0 Å². The fourth-order valence-electron chi connectivity index (χ4n) is 4.03. The number of aromatic nitrogens is 2. The van der Waals surface area contributed by atoms with Crippen molar-refractivity contribution in [3.05, 3.63) is 64.5 Å². The first-order chi connectivity index (χ1) is 17.0. The summed E-state index contributed by atoms with van der Waals surface area (Å²) in [6.07, 6.45) is 1.66. The molecule has 2 amide bonds. The summed E-state index contributed by atoms with van der Waals surface area (Å²) < 4.78 is 11.4. The van der Waals surface area contributed by atoms with Crippen LogP contribution in [0.3, 0.4) is 0 Å². The van der Waals surface area contributed by atoms with Gasteiger partial charge in [-0.05, 0) is 55.8 Å². The van der Waals surface area contributed by atoms with E-state index in [1.807, 2.05) is 24.3 Å². The maximum atomic E-state index is 13.1. The van der Waals surface area contributed by atoms with E-state index in [-0.39, 0.29) is 17.7 Å². The zero-order valence-corrected chi connectivity index (χ0v) is 21.1. The highest BCUT2D eigenvalue weighted by Crippen LogP contribution is 2.23. The molecule has 10 heteroatoms. The number of carbonyl (C=O) groups is 2. The Bertz CT molecular complexity index is 1150. The summed E-state index contributed by atoms with van der Waals surface area (Å²) in [5.74, 6) is 0.498. The van der Waals surface area contributed by atoms with Crippen LogP contribution < -0.4 is 10.6 Å². The first-order valence-corrected chi connectivity index (χ1v) is 12.3. The van der Waals surface area contributed by atoms with Crippen LogP contribution in [-0.2, 0) is 16.1 Å². The second-order valence-electron chi connectivity index (χ2n) is 8.38. The quantitative estimate of drug-likeness (QED) is 0.397. The Balaban J connectivity index is 1.35. The number of carbonyl (C=O) groups excluding carboxylic acids is 2. The van der Waals surface area contributed by atoms with E-state index in [1.165, 1.54) is 0 Å². The van der Waals surface area contributed by atoms with Crippen LogP contribution in [0.25, 0.3) is 11.4 Å². The van der Waals surface area contributed by atoms with Crippen LogP contribution in [0, 0.1) is 5.92 Å². The van der Waals surface area contributed by atoms with Crippen molar-refractivity contribution >= 4 is 33.4 Å². The fraction of sp³-hybridized carbons (Fsp3) is 0.360. The lowest BCUT2D eigenvalue weighted by molar-refractivity contribution is -0.121. The Morgan fingerprint density at radius 3 is 2.80 bits per heavy atom. The van der Waals surface area contributed by atoms with E-state index in [0.29, 0.717) is 49.2 Å². The first-order valence-electron chi connectivity index (χ1n) is 11.5. The van der Waals surface area contributed by atoms with Crippen LogP contribution >= 0.6 is 15.9 Å². The summed E-state index contributed by atoms with van der Waals surface area (Å²) in [7, 11) is 1.58. The highest BCUT2D eigenvalue weighted by molar-refractivity contribution is 9.10. The summed E-state index contributed by atoms with van der Waals surface area (Å²) in [5, 5.41) is 9.84. The molecule has 1 aliphatic rings. The number of halogens is 1. The van der Waals surface area contributed by atoms with Crippen LogP contribution in [0.1, 0.15) is 29.1 Å². The molecule has 4 rings (SSSR count). The molecule has 1 saturated heterocycles. The fourth-order valence-corrected chi connectivity index (χ4v) is 4.29. The van der Waals surface area contributed by atoms with Crippen molar-refractivity contribution in [2.24, 2.45) is 5.92 Å². The number of rotatable bonds is 9. The molecule has 184 valence electrons. The van der Waals surface area contributed by atoms with E-state index in [1.54, 1.807) is 31.4 Å². The van der Waals surface area contributed by atoms with E-state index < -0.39 is 0 Å². The number of nitrogens with one attached hydrogen (secondary N) is 2. The Hall–Kier alpha value is -3.08. The smallest absolute Gasteiger partial charge is 0.253 e. The van der Waals surface area contributed by atoms with Gasteiger partial charge in [-0.3, -0.25) is 14.5 Å². The third-order valence-electron chi connectivity index (χ3n) is 5.83. The molecule has 0 saturated carbocycles. The number of hydrogen-bond acceptors (Lipinski definition) is 7. The van der Waals surface area contributed by atoms with Crippen molar-refractivity contribution in [3.63, 3.8) is 0 Å². The molecular weight excluding hydrogens is 514 g/mol. The molecule has 2 aromatic carbocycles. The average molecular weight is 542 g/mol. The molecule has 1 unspecified atom stereocenters. The van der Waals surface area contributed by atoms with Gasteiger partial charge < -0.3 is 19.9 Å². The molecule has 2 N–H and O–H groups in total. The zero-order valence-electron chi connectivity index (χ0n) is 19.5. The molecule has 1 atom stereocenters. The molecule has 2 heterocycles. The number of amides is 2. The van der Waals surface area contributed by atoms with E-state index in [4.69, 9.17) is 9.26 Å². The second-order valence-corrected chi connectivity index (χ2v) is 9.29. The average Bonchev–Trinajstić information content (AvgIpc) is 3.33. The van der Waals surface area contributed by atoms with E-state index in [9.17, 15) is 9.59 Å². The molecule has 1 aromatic heterocycles. The van der Waals surface area contributed by atoms with Gasteiger partial charge in [0, 0.05) is 30.2 Å².